The molecule has 2 fully saturated rings. The van der Waals surface area contributed by atoms with Gasteiger partial charge in [-0.05, 0) is 24.0 Å². The van der Waals surface area contributed by atoms with E-state index in [2.05, 4.69) is 22.8 Å². The number of hydrogen-bond acceptors (Lipinski definition) is 5. The van der Waals surface area contributed by atoms with Crippen molar-refractivity contribution in [3.63, 3.8) is 0 Å². The quantitative estimate of drug-likeness (QED) is 0.747. The van der Waals surface area contributed by atoms with Crippen LogP contribution in [-0.4, -0.2) is 52.0 Å². The molecule has 0 aliphatic carbocycles. The highest BCUT2D eigenvalue weighted by Crippen LogP contribution is 2.33. The first-order valence-electron chi connectivity index (χ1n) is 8.45. The number of nitrogens with one attached hydrogen (secondary N) is 2. The first-order valence-corrected chi connectivity index (χ1v) is 8.45. The molecule has 0 bridgehead atoms. The van der Waals surface area contributed by atoms with Crippen LogP contribution in [0.4, 0.5) is 0 Å². The first kappa shape index (κ1) is 16.9. The van der Waals surface area contributed by atoms with E-state index >= 15 is 0 Å². The zero-order valence-corrected chi connectivity index (χ0v) is 14.0. The van der Waals surface area contributed by atoms with Crippen molar-refractivity contribution in [3.05, 3.63) is 30.1 Å². The molecule has 0 radical (unpaired) electrons. The van der Waals surface area contributed by atoms with Crippen molar-refractivity contribution in [2.45, 2.75) is 38.3 Å². The third-order valence-corrected chi connectivity index (χ3v) is 5.35. The number of nitrogens with zero attached hydrogens (tertiary/aromatic N) is 2. The molecule has 7 nitrogen and oxygen atoms in total. The predicted molar refractivity (Wildman–Crippen MR) is 88.0 cm³/mol. The zero-order valence-electron chi connectivity index (χ0n) is 14.0. The second-order valence-corrected chi connectivity index (χ2v) is 6.72. The molecule has 24 heavy (non-hydrogen) atoms. The molecule has 7 heteroatoms. The Morgan fingerprint density at radius 3 is 2.75 bits per heavy atom. The third-order valence-electron chi connectivity index (χ3n) is 5.35. The Bertz CT molecular complexity index is 609. The van der Waals surface area contributed by atoms with Gasteiger partial charge in [-0.2, -0.15) is 0 Å². The molecule has 3 heterocycles. The Labute approximate surface area is 141 Å². The lowest BCUT2D eigenvalue weighted by Gasteiger charge is -2.23. The van der Waals surface area contributed by atoms with E-state index in [-0.39, 0.29) is 36.4 Å². The molecular weight excluding hydrogens is 308 g/mol. The number of hydrazine groups is 1. The van der Waals surface area contributed by atoms with Gasteiger partial charge in [-0.3, -0.25) is 20.0 Å². The number of rotatable bonds is 4. The largest absolute Gasteiger partial charge is 0.481 e. The lowest BCUT2D eigenvalue weighted by atomic mass is 9.90. The lowest BCUT2D eigenvalue weighted by Crippen LogP contribution is -2.46. The summed E-state index contributed by atoms with van der Waals surface area (Å²) in [5.41, 5.74) is 7.12. The normalized spacial score (nSPS) is 32.9. The topological polar surface area (TPSA) is 94.6 Å². The third kappa shape index (κ3) is 3.01. The van der Waals surface area contributed by atoms with Crippen molar-refractivity contribution >= 4 is 11.9 Å². The standard InChI is InChI=1S/C17H24N4O3/c1-3-14-10(2)15(20-19-14)16(22)21-8-12(13(9-21)17(23)24)11-5-4-6-18-7-11/h4-7,10,12-15,19-20H,3,8-9H2,1-2H3,(H,23,24)/t10?,12-,13+,14?,15?/m1/s1. The Balaban J connectivity index is 1.76. The molecule has 2 saturated heterocycles. The van der Waals surface area contributed by atoms with Crippen LogP contribution in [0.5, 0.6) is 0 Å². The van der Waals surface area contributed by atoms with E-state index in [1.807, 2.05) is 13.0 Å². The molecule has 3 rings (SSSR count). The minimum Gasteiger partial charge on any atom is -0.481 e. The van der Waals surface area contributed by atoms with Crippen molar-refractivity contribution in [1.29, 1.82) is 0 Å². The molecule has 3 unspecified atom stereocenters. The SMILES string of the molecule is CCC1NNC(C(=O)N2C[C@H](C(=O)O)[C@@H](c3cccnc3)C2)C1C. The van der Waals surface area contributed by atoms with Crippen molar-refractivity contribution in [2.24, 2.45) is 11.8 Å². The molecule has 3 N–H and O–H groups in total. The Kier molecular flexibility index (Phi) is 4.82. The van der Waals surface area contributed by atoms with Gasteiger partial charge in [0.05, 0.1) is 5.92 Å². The Morgan fingerprint density at radius 1 is 1.38 bits per heavy atom. The second-order valence-electron chi connectivity index (χ2n) is 6.72. The van der Waals surface area contributed by atoms with Crippen LogP contribution in [0.25, 0.3) is 0 Å². The van der Waals surface area contributed by atoms with Crippen LogP contribution in [-0.2, 0) is 9.59 Å². The van der Waals surface area contributed by atoms with Gasteiger partial charge in [-0.1, -0.05) is 19.9 Å². The van der Waals surface area contributed by atoms with E-state index in [1.165, 1.54) is 0 Å². The van der Waals surface area contributed by atoms with Gasteiger partial charge < -0.3 is 10.0 Å². The average Bonchev–Trinajstić information content (AvgIpc) is 3.19. The van der Waals surface area contributed by atoms with E-state index in [4.69, 9.17) is 0 Å². The van der Waals surface area contributed by atoms with Crippen LogP contribution in [0.3, 0.4) is 0 Å². The number of amides is 1. The minimum atomic E-state index is -0.865. The highest BCUT2D eigenvalue weighted by atomic mass is 16.4. The minimum absolute atomic E-state index is 0.0245. The molecule has 2 aliphatic heterocycles. The number of carbonyl (C=O) groups is 2. The molecule has 130 valence electrons. The maximum Gasteiger partial charge on any atom is 0.308 e. The summed E-state index contributed by atoms with van der Waals surface area (Å²) in [4.78, 5) is 30.3. The highest BCUT2D eigenvalue weighted by molar-refractivity contribution is 5.84. The van der Waals surface area contributed by atoms with E-state index in [0.29, 0.717) is 6.54 Å². The monoisotopic (exact) mass is 332 g/mol. The molecule has 5 atom stereocenters. The summed E-state index contributed by atoms with van der Waals surface area (Å²) < 4.78 is 0. The zero-order chi connectivity index (χ0) is 17.3. The van der Waals surface area contributed by atoms with Crippen molar-refractivity contribution < 1.29 is 14.7 Å². The molecule has 0 spiro atoms. The highest BCUT2D eigenvalue weighted by Gasteiger charge is 2.45. The fraction of sp³-hybridized carbons (Fsp3) is 0.588. The lowest BCUT2D eigenvalue weighted by molar-refractivity contribution is -0.142. The molecule has 1 amide bonds. The van der Waals surface area contributed by atoms with Gasteiger partial charge in [0.1, 0.15) is 6.04 Å². The number of hydrogen-bond donors (Lipinski definition) is 3. The summed E-state index contributed by atoms with van der Waals surface area (Å²) >= 11 is 0. The molecule has 0 aromatic carbocycles. The molecule has 2 aliphatic rings. The van der Waals surface area contributed by atoms with Crippen LogP contribution in [0.15, 0.2) is 24.5 Å². The number of aromatic nitrogens is 1. The van der Waals surface area contributed by atoms with E-state index in [0.717, 1.165) is 12.0 Å². The van der Waals surface area contributed by atoms with Crippen molar-refractivity contribution in [1.82, 2.24) is 20.7 Å². The van der Waals surface area contributed by atoms with Crippen LogP contribution >= 0.6 is 0 Å². The first-order chi connectivity index (χ1) is 11.5. The van der Waals surface area contributed by atoms with Crippen LogP contribution in [0, 0.1) is 11.8 Å². The second kappa shape index (κ2) is 6.86. The number of carboxylic acid groups (broad SMARTS) is 1. The van der Waals surface area contributed by atoms with Gasteiger partial charge in [0, 0.05) is 37.4 Å². The summed E-state index contributed by atoms with van der Waals surface area (Å²) in [5.74, 6) is -1.53. The molecule has 0 saturated carbocycles. The van der Waals surface area contributed by atoms with Gasteiger partial charge in [0.2, 0.25) is 5.91 Å². The Morgan fingerprint density at radius 2 is 2.17 bits per heavy atom. The summed E-state index contributed by atoms with van der Waals surface area (Å²) in [6, 6.07) is 3.63. The van der Waals surface area contributed by atoms with Gasteiger partial charge >= 0.3 is 5.97 Å². The van der Waals surface area contributed by atoms with E-state index in [9.17, 15) is 14.7 Å². The maximum absolute atomic E-state index is 12.9. The summed E-state index contributed by atoms with van der Waals surface area (Å²) in [7, 11) is 0. The van der Waals surface area contributed by atoms with Gasteiger partial charge in [0.15, 0.2) is 0 Å². The molecule has 1 aromatic rings. The average molecular weight is 332 g/mol. The van der Waals surface area contributed by atoms with Gasteiger partial charge in [0.25, 0.3) is 0 Å². The summed E-state index contributed by atoms with van der Waals surface area (Å²) in [6.07, 6.45) is 4.30. The van der Waals surface area contributed by atoms with Crippen LogP contribution in [0.2, 0.25) is 0 Å². The number of carboxylic acids is 1. The van der Waals surface area contributed by atoms with Gasteiger partial charge in [-0.15, -0.1) is 0 Å². The smallest absolute Gasteiger partial charge is 0.308 e. The van der Waals surface area contributed by atoms with E-state index < -0.39 is 11.9 Å². The number of aliphatic carboxylic acids is 1. The van der Waals surface area contributed by atoms with E-state index in [1.54, 1.807) is 23.4 Å². The van der Waals surface area contributed by atoms with Crippen molar-refractivity contribution in [3.8, 4) is 0 Å². The maximum atomic E-state index is 12.9. The van der Waals surface area contributed by atoms with Crippen LogP contribution < -0.4 is 10.9 Å². The fourth-order valence-electron chi connectivity index (χ4n) is 3.82. The molecular formula is C17H24N4O3. The summed E-state index contributed by atoms with van der Waals surface area (Å²) in [5, 5.41) is 9.56. The number of likely N-dealkylation sites (tertiary alicyclic amines) is 1. The van der Waals surface area contributed by atoms with Crippen molar-refractivity contribution in [2.75, 3.05) is 13.1 Å². The summed E-state index contributed by atoms with van der Waals surface area (Å²) in [6.45, 7) is 4.79. The van der Waals surface area contributed by atoms with Crippen LogP contribution in [0.1, 0.15) is 31.7 Å². The number of carbonyl (C=O) groups excluding carboxylic acids is 1. The Hall–Kier alpha value is -1.99. The number of pyridine rings is 1. The molecule has 1 aromatic heterocycles. The fourth-order valence-corrected chi connectivity index (χ4v) is 3.82. The van der Waals surface area contributed by atoms with Gasteiger partial charge in [-0.25, -0.2) is 5.43 Å². The predicted octanol–water partition coefficient (Wildman–Crippen LogP) is 0.599.